The van der Waals surface area contributed by atoms with Gasteiger partial charge in [0, 0.05) is 0 Å². The Balaban J connectivity index is 3.30. The van der Waals surface area contributed by atoms with Crippen molar-refractivity contribution in [2.45, 2.75) is 13.8 Å². The molecule has 0 aliphatic heterocycles. The van der Waals surface area contributed by atoms with Gasteiger partial charge >= 0.3 is 12.4 Å². The second-order valence-electron chi connectivity index (χ2n) is 1.96. The topological polar surface area (TPSA) is 52.6 Å². The number of rotatable bonds is 4. The lowest BCUT2D eigenvalue weighted by Gasteiger charge is -2.03. The van der Waals surface area contributed by atoms with E-state index in [9.17, 15) is 9.59 Å². The van der Waals surface area contributed by atoms with Crippen LogP contribution < -0.4 is 0 Å². The first kappa shape index (κ1) is 8.94. The van der Waals surface area contributed by atoms with Crippen LogP contribution >= 0.6 is 0 Å². The Morgan fingerprint density at radius 3 is 2.60 bits per heavy atom. The van der Waals surface area contributed by atoms with Crippen molar-refractivity contribution in [1.29, 1.82) is 0 Å². The number of hydrogen-bond donors (Lipinski definition) is 0. The van der Waals surface area contributed by atoms with E-state index in [1.54, 1.807) is 13.8 Å². The second kappa shape index (κ2) is 4.78. The quantitative estimate of drug-likeness (QED) is 0.323. The van der Waals surface area contributed by atoms with Gasteiger partial charge in [0.2, 0.25) is 6.79 Å². The second-order valence-corrected chi connectivity index (χ2v) is 1.96. The largest absolute Gasteiger partial charge is 0.428 e. The SMILES string of the molecule is CC(C)C(=O)OCO[C]=O. The molecule has 10 heavy (non-hydrogen) atoms. The minimum Gasteiger partial charge on any atom is -0.428 e. The van der Waals surface area contributed by atoms with E-state index >= 15 is 0 Å². The van der Waals surface area contributed by atoms with Gasteiger partial charge in [0.05, 0.1) is 5.92 Å². The molecule has 57 valence electrons. The van der Waals surface area contributed by atoms with E-state index in [4.69, 9.17) is 0 Å². The van der Waals surface area contributed by atoms with Gasteiger partial charge in [-0.15, -0.1) is 0 Å². The maximum absolute atomic E-state index is 10.6. The average Bonchev–Trinajstić information content (AvgIpc) is 1.88. The van der Waals surface area contributed by atoms with E-state index in [0.29, 0.717) is 0 Å². The van der Waals surface area contributed by atoms with Crippen molar-refractivity contribution >= 4 is 12.4 Å². The molecule has 1 radical (unpaired) electrons. The summed E-state index contributed by atoms with van der Waals surface area (Å²) in [6, 6.07) is 0. The Bertz CT molecular complexity index is 119. The zero-order valence-electron chi connectivity index (χ0n) is 5.92. The van der Waals surface area contributed by atoms with Gasteiger partial charge in [-0.3, -0.25) is 4.79 Å². The van der Waals surface area contributed by atoms with Crippen molar-refractivity contribution < 1.29 is 19.1 Å². The van der Waals surface area contributed by atoms with E-state index in [0.717, 1.165) is 6.47 Å². The van der Waals surface area contributed by atoms with Gasteiger partial charge in [-0.2, -0.15) is 0 Å². The van der Waals surface area contributed by atoms with Crippen molar-refractivity contribution in [3.8, 4) is 0 Å². The Hall–Kier alpha value is -1.06. The zero-order chi connectivity index (χ0) is 7.98. The Morgan fingerprint density at radius 2 is 2.20 bits per heavy atom. The molecule has 0 aromatic rings. The van der Waals surface area contributed by atoms with Gasteiger partial charge in [0.25, 0.3) is 0 Å². The van der Waals surface area contributed by atoms with Gasteiger partial charge in [-0.25, -0.2) is 4.79 Å². The monoisotopic (exact) mass is 145 g/mol. The molecule has 0 heterocycles. The molecule has 0 fully saturated rings. The standard InChI is InChI=1S/C6H9O4/c1-5(2)6(8)10-4-9-3-7/h5H,4H2,1-2H3. The third-order valence-electron chi connectivity index (χ3n) is 0.790. The van der Waals surface area contributed by atoms with E-state index in [2.05, 4.69) is 9.47 Å². The lowest BCUT2D eigenvalue weighted by atomic mass is 10.2. The molecule has 0 aliphatic rings. The summed E-state index contributed by atoms with van der Waals surface area (Å²) < 4.78 is 8.43. The Kier molecular flexibility index (Phi) is 4.28. The normalized spacial score (nSPS) is 9.10. The summed E-state index contributed by atoms with van der Waals surface area (Å²) in [4.78, 5) is 20.0. The molecular weight excluding hydrogens is 136 g/mol. The molecule has 0 aliphatic carbocycles. The van der Waals surface area contributed by atoms with Crippen molar-refractivity contribution in [3.63, 3.8) is 0 Å². The highest BCUT2D eigenvalue weighted by atomic mass is 16.7. The van der Waals surface area contributed by atoms with E-state index in [-0.39, 0.29) is 12.7 Å². The zero-order valence-corrected chi connectivity index (χ0v) is 5.92. The van der Waals surface area contributed by atoms with Crippen LogP contribution in [0.2, 0.25) is 0 Å². The molecule has 0 amide bonds. The Labute approximate surface area is 59.1 Å². The lowest BCUT2D eigenvalue weighted by Crippen LogP contribution is -2.13. The predicted octanol–water partition coefficient (Wildman–Crippen LogP) is 0.227. The number of esters is 1. The van der Waals surface area contributed by atoms with Gasteiger partial charge in [0.15, 0.2) is 0 Å². The van der Waals surface area contributed by atoms with Crippen LogP contribution in [-0.4, -0.2) is 19.2 Å². The number of hydrogen-bond acceptors (Lipinski definition) is 4. The first-order valence-corrected chi connectivity index (χ1v) is 2.84. The molecule has 0 aromatic heterocycles. The van der Waals surface area contributed by atoms with Crippen molar-refractivity contribution in [2.75, 3.05) is 6.79 Å². The fourth-order valence-electron chi connectivity index (χ4n) is 0.278. The van der Waals surface area contributed by atoms with Crippen LogP contribution in [0.1, 0.15) is 13.8 Å². The molecule has 0 bridgehead atoms. The maximum Gasteiger partial charge on any atom is 0.420 e. The third kappa shape index (κ3) is 3.88. The van der Waals surface area contributed by atoms with Crippen LogP contribution in [0, 0.1) is 5.92 Å². The molecule has 0 spiro atoms. The van der Waals surface area contributed by atoms with Crippen LogP contribution in [0.25, 0.3) is 0 Å². The molecule has 0 rings (SSSR count). The van der Waals surface area contributed by atoms with E-state index in [1.165, 1.54) is 0 Å². The Morgan fingerprint density at radius 1 is 1.60 bits per heavy atom. The summed E-state index contributed by atoms with van der Waals surface area (Å²) in [6.45, 7) is 4.16. The van der Waals surface area contributed by atoms with Crippen molar-refractivity contribution in [3.05, 3.63) is 0 Å². The first-order valence-electron chi connectivity index (χ1n) is 2.84. The van der Waals surface area contributed by atoms with Crippen LogP contribution in [-0.2, 0) is 19.1 Å². The van der Waals surface area contributed by atoms with Crippen LogP contribution in [0.3, 0.4) is 0 Å². The summed E-state index contributed by atoms with van der Waals surface area (Å²) in [5.41, 5.74) is 0. The highest BCUT2D eigenvalue weighted by molar-refractivity contribution is 5.71. The number of carbonyl (C=O) groups is 1. The van der Waals surface area contributed by atoms with Crippen molar-refractivity contribution in [2.24, 2.45) is 5.92 Å². The van der Waals surface area contributed by atoms with Gasteiger partial charge in [-0.05, 0) is 0 Å². The van der Waals surface area contributed by atoms with Gasteiger partial charge in [-0.1, -0.05) is 13.8 Å². The predicted molar refractivity (Wildman–Crippen MR) is 32.6 cm³/mol. The summed E-state index contributed by atoms with van der Waals surface area (Å²) >= 11 is 0. The molecule has 4 heteroatoms. The van der Waals surface area contributed by atoms with Crippen LogP contribution in [0.15, 0.2) is 0 Å². The van der Waals surface area contributed by atoms with Crippen molar-refractivity contribution in [1.82, 2.24) is 0 Å². The summed E-state index contributed by atoms with van der Waals surface area (Å²) in [5.74, 6) is -0.592. The fraction of sp³-hybridized carbons (Fsp3) is 0.667. The van der Waals surface area contributed by atoms with E-state index in [1.807, 2.05) is 0 Å². The highest BCUT2D eigenvalue weighted by Gasteiger charge is 2.06. The third-order valence-corrected chi connectivity index (χ3v) is 0.790. The summed E-state index contributed by atoms with van der Waals surface area (Å²) in [7, 11) is 0. The summed E-state index contributed by atoms with van der Waals surface area (Å²) in [6.07, 6.45) is 0. The number of ether oxygens (including phenoxy) is 2. The highest BCUT2D eigenvalue weighted by Crippen LogP contribution is 1.94. The molecule has 0 unspecified atom stereocenters. The smallest absolute Gasteiger partial charge is 0.420 e. The molecule has 0 atom stereocenters. The van der Waals surface area contributed by atoms with Gasteiger partial charge in [0.1, 0.15) is 0 Å². The molecular formula is C6H9O4. The molecule has 0 aromatic carbocycles. The maximum atomic E-state index is 10.6. The minimum absolute atomic E-state index is 0.199. The minimum atomic E-state index is -0.393. The molecule has 0 saturated heterocycles. The molecule has 0 N–H and O–H groups in total. The fourth-order valence-corrected chi connectivity index (χ4v) is 0.278. The van der Waals surface area contributed by atoms with Gasteiger partial charge < -0.3 is 9.47 Å². The molecule has 4 nitrogen and oxygen atoms in total. The van der Waals surface area contributed by atoms with Crippen LogP contribution in [0.4, 0.5) is 0 Å². The van der Waals surface area contributed by atoms with Crippen LogP contribution in [0.5, 0.6) is 0 Å². The molecule has 0 saturated carbocycles. The average molecular weight is 145 g/mol. The first-order chi connectivity index (χ1) is 4.68. The van der Waals surface area contributed by atoms with E-state index < -0.39 is 5.97 Å². The summed E-state index contributed by atoms with van der Waals surface area (Å²) in [5, 5.41) is 0. The lowest BCUT2D eigenvalue weighted by molar-refractivity contribution is -0.154. The number of carbonyl (C=O) groups excluding carboxylic acids is 2.